The van der Waals surface area contributed by atoms with E-state index in [9.17, 15) is 9.59 Å². The lowest BCUT2D eigenvalue weighted by Crippen LogP contribution is -2.42. The van der Waals surface area contributed by atoms with Crippen LogP contribution >= 0.6 is 0 Å². The molecule has 1 atom stereocenters. The van der Waals surface area contributed by atoms with Gasteiger partial charge >= 0.3 is 6.03 Å². The van der Waals surface area contributed by atoms with Crippen LogP contribution in [0.3, 0.4) is 0 Å². The molecule has 2 rings (SSSR count). The topological polar surface area (TPSA) is 76.7 Å². The molecule has 112 valence electrons. The number of benzene rings is 1. The molecule has 0 saturated carbocycles. The number of hydrogen-bond acceptors (Lipinski definition) is 4. The Morgan fingerprint density at radius 1 is 1.19 bits per heavy atom. The largest absolute Gasteiger partial charge is 0.488 e. The first-order valence-electron chi connectivity index (χ1n) is 6.65. The summed E-state index contributed by atoms with van der Waals surface area (Å²) < 4.78 is 10.7. The first-order chi connectivity index (χ1) is 10.1. The van der Waals surface area contributed by atoms with E-state index in [0.29, 0.717) is 12.2 Å². The van der Waals surface area contributed by atoms with Crippen LogP contribution in [0.1, 0.15) is 18.1 Å². The summed E-state index contributed by atoms with van der Waals surface area (Å²) in [5.41, 5.74) is 2.35. The molecule has 0 fully saturated rings. The van der Waals surface area contributed by atoms with Gasteiger partial charge in [-0.2, -0.15) is 0 Å². The molecule has 0 saturated heterocycles. The fraction of sp³-hybridized carbons (Fsp3) is 0.333. The van der Waals surface area contributed by atoms with Crippen molar-refractivity contribution in [2.75, 3.05) is 13.7 Å². The van der Waals surface area contributed by atoms with Gasteiger partial charge in [-0.15, -0.1) is 0 Å². The molecule has 3 amide bonds. The first kappa shape index (κ1) is 15.1. The minimum absolute atomic E-state index is 0.0894. The average molecular weight is 290 g/mol. The highest BCUT2D eigenvalue weighted by Crippen LogP contribution is 2.26. The smallest absolute Gasteiger partial charge is 0.324 e. The molecule has 0 bridgehead atoms. The number of aryl methyl sites for hydroxylation is 1. The molecule has 2 N–H and O–H groups in total. The van der Waals surface area contributed by atoms with Crippen molar-refractivity contribution in [2.45, 2.75) is 20.1 Å². The lowest BCUT2D eigenvalue weighted by Gasteiger charge is -2.19. The summed E-state index contributed by atoms with van der Waals surface area (Å²) in [6, 6.07) is 6.94. The molecule has 0 spiro atoms. The Hall–Kier alpha value is -2.34. The molecule has 0 aliphatic carbocycles. The second-order valence-corrected chi connectivity index (χ2v) is 4.59. The van der Waals surface area contributed by atoms with E-state index in [1.807, 2.05) is 31.2 Å². The van der Waals surface area contributed by atoms with Gasteiger partial charge in [0.1, 0.15) is 0 Å². The SMILES string of the molecule is CCOC1=C(c2ccc(C)cc2)[C@@H](OC)NC(=O)NC1=O. The van der Waals surface area contributed by atoms with E-state index in [1.165, 1.54) is 7.11 Å². The third kappa shape index (κ3) is 3.22. The van der Waals surface area contributed by atoms with Crippen molar-refractivity contribution < 1.29 is 19.1 Å². The zero-order valence-corrected chi connectivity index (χ0v) is 12.2. The number of nitrogens with one attached hydrogen (secondary N) is 2. The number of urea groups is 1. The summed E-state index contributed by atoms with van der Waals surface area (Å²) in [6.07, 6.45) is -0.763. The molecule has 1 aromatic rings. The quantitative estimate of drug-likeness (QED) is 0.882. The Bertz CT molecular complexity index is 578. The van der Waals surface area contributed by atoms with Gasteiger partial charge in [0.25, 0.3) is 5.91 Å². The van der Waals surface area contributed by atoms with Gasteiger partial charge in [-0.25, -0.2) is 4.79 Å². The summed E-state index contributed by atoms with van der Waals surface area (Å²) in [5.74, 6) is -0.490. The normalized spacial score (nSPS) is 18.9. The average Bonchev–Trinajstić information content (AvgIpc) is 2.57. The van der Waals surface area contributed by atoms with Crippen LogP contribution in [0, 0.1) is 6.92 Å². The molecule has 21 heavy (non-hydrogen) atoms. The molecule has 1 heterocycles. The van der Waals surface area contributed by atoms with E-state index in [2.05, 4.69) is 10.6 Å². The standard InChI is InChI=1S/C15H18N2O4/c1-4-21-12-11(10-7-5-9(2)6-8-10)14(20-3)17-15(19)16-13(12)18/h5-8,14H,4H2,1-3H3,(H2,16,17,18,19)/t14-/m1/s1. The van der Waals surface area contributed by atoms with E-state index in [1.54, 1.807) is 6.92 Å². The van der Waals surface area contributed by atoms with E-state index in [0.717, 1.165) is 11.1 Å². The molecule has 6 nitrogen and oxygen atoms in total. The van der Waals surface area contributed by atoms with Crippen molar-refractivity contribution in [3.05, 3.63) is 41.2 Å². The number of rotatable bonds is 4. The lowest BCUT2D eigenvalue weighted by molar-refractivity contribution is -0.119. The van der Waals surface area contributed by atoms with Gasteiger partial charge in [0, 0.05) is 7.11 Å². The van der Waals surface area contributed by atoms with Crippen LogP contribution in [0.5, 0.6) is 0 Å². The summed E-state index contributed by atoms with van der Waals surface area (Å²) >= 11 is 0. The molecule has 1 aliphatic heterocycles. The second-order valence-electron chi connectivity index (χ2n) is 4.59. The third-order valence-electron chi connectivity index (χ3n) is 3.09. The van der Waals surface area contributed by atoms with Gasteiger partial charge in [0.15, 0.2) is 12.0 Å². The van der Waals surface area contributed by atoms with Crippen LogP contribution < -0.4 is 10.6 Å². The molecule has 6 heteroatoms. The summed E-state index contributed by atoms with van der Waals surface area (Å²) in [6.45, 7) is 4.05. The molecular weight excluding hydrogens is 272 g/mol. The number of hydrogen-bond donors (Lipinski definition) is 2. The van der Waals surface area contributed by atoms with E-state index >= 15 is 0 Å². The van der Waals surface area contributed by atoms with E-state index in [4.69, 9.17) is 9.47 Å². The number of ether oxygens (including phenoxy) is 2. The number of amides is 3. The second kappa shape index (κ2) is 6.41. The van der Waals surface area contributed by atoms with Crippen LogP contribution in [-0.2, 0) is 14.3 Å². The predicted octanol–water partition coefficient (Wildman–Crippen LogP) is 1.55. The van der Waals surface area contributed by atoms with Gasteiger partial charge in [0.2, 0.25) is 0 Å². The molecule has 0 unspecified atom stereocenters. The Balaban J connectivity index is 2.58. The zero-order chi connectivity index (χ0) is 15.4. The van der Waals surface area contributed by atoms with Crippen LogP contribution in [0.4, 0.5) is 4.79 Å². The maximum absolute atomic E-state index is 12.1. The highest BCUT2D eigenvalue weighted by Gasteiger charge is 2.31. The van der Waals surface area contributed by atoms with Crippen molar-refractivity contribution in [3.8, 4) is 0 Å². The Labute approximate surface area is 123 Å². The highest BCUT2D eigenvalue weighted by molar-refractivity contribution is 6.09. The Kier molecular flexibility index (Phi) is 4.59. The summed E-state index contributed by atoms with van der Waals surface area (Å²) in [7, 11) is 1.46. The minimum Gasteiger partial charge on any atom is -0.488 e. The molecule has 0 aromatic heterocycles. The Morgan fingerprint density at radius 3 is 2.43 bits per heavy atom. The van der Waals surface area contributed by atoms with Crippen molar-refractivity contribution >= 4 is 17.5 Å². The monoisotopic (exact) mass is 290 g/mol. The Morgan fingerprint density at radius 2 is 1.86 bits per heavy atom. The van der Waals surface area contributed by atoms with Crippen molar-refractivity contribution in [1.29, 1.82) is 0 Å². The summed E-state index contributed by atoms with van der Waals surface area (Å²) in [5, 5.41) is 4.78. The van der Waals surface area contributed by atoms with Crippen molar-refractivity contribution in [2.24, 2.45) is 0 Å². The van der Waals surface area contributed by atoms with Crippen LogP contribution in [0.15, 0.2) is 30.0 Å². The summed E-state index contributed by atoms with van der Waals surface area (Å²) in [4.78, 5) is 23.8. The first-order valence-corrected chi connectivity index (χ1v) is 6.65. The van der Waals surface area contributed by atoms with Crippen LogP contribution in [-0.4, -0.2) is 31.9 Å². The molecule has 0 radical (unpaired) electrons. The minimum atomic E-state index is -0.763. The van der Waals surface area contributed by atoms with E-state index < -0.39 is 18.2 Å². The number of carbonyl (C=O) groups excluding carboxylic acids is 2. The number of methoxy groups -OCH3 is 1. The maximum atomic E-state index is 12.1. The predicted molar refractivity (Wildman–Crippen MR) is 77.2 cm³/mol. The molecular formula is C15H18N2O4. The molecule has 1 aromatic carbocycles. The van der Waals surface area contributed by atoms with Crippen LogP contribution in [0.25, 0.3) is 5.57 Å². The van der Waals surface area contributed by atoms with Crippen LogP contribution in [0.2, 0.25) is 0 Å². The lowest BCUT2D eigenvalue weighted by atomic mass is 10.0. The third-order valence-corrected chi connectivity index (χ3v) is 3.09. The maximum Gasteiger partial charge on any atom is 0.324 e. The van der Waals surface area contributed by atoms with Crippen molar-refractivity contribution in [3.63, 3.8) is 0 Å². The fourth-order valence-corrected chi connectivity index (χ4v) is 2.11. The van der Waals surface area contributed by atoms with Gasteiger partial charge in [0.05, 0.1) is 12.2 Å². The highest BCUT2D eigenvalue weighted by atomic mass is 16.5. The van der Waals surface area contributed by atoms with Gasteiger partial charge in [-0.1, -0.05) is 29.8 Å². The number of carbonyl (C=O) groups is 2. The zero-order valence-electron chi connectivity index (χ0n) is 12.2. The van der Waals surface area contributed by atoms with Gasteiger partial charge < -0.3 is 14.8 Å². The van der Waals surface area contributed by atoms with Gasteiger partial charge in [-0.3, -0.25) is 10.1 Å². The van der Waals surface area contributed by atoms with Gasteiger partial charge in [-0.05, 0) is 19.4 Å². The fourth-order valence-electron chi connectivity index (χ4n) is 2.11. The van der Waals surface area contributed by atoms with Crippen molar-refractivity contribution in [1.82, 2.24) is 10.6 Å². The number of imide groups is 1. The molecule has 1 aliphatic rings. The van der Waals surface area contributed by atoms with E-state index in [-0.39, 0.29) is 5.76 Å².